The third-order valence-electron chi connectivity index (χ3n) is 4.29. The molecule has 0 aliphatic carbocycles. The first kappa shape index (κ1) is 15.6. The summed E-state index contributed by atoms with van der Waals surface area (Å²) in [5.41, 5.74) is 1.04. The maximum atomic E-state index is 12.8. The largest absolute Gasteiger partial charge is 0.496 e. The lowest BCUT2D eigenvalue weighted by Gasteiger charge is -2.37. The zero-order valence-corrected chi connectivity index (χ0v) is 13.5. The monoisotopic (exact) mass is 314 g/mol. The predicted molar refractivity (Wildman–Crippen MR) is 87.3 cm³/mol. The molecule has 1 N–H and O–H groups in total. The summed E-state index contributed by atoms with van der Waals surface area (Å²) in [6.07, 6.45) is 3.56. The lowest BCUT2D eigenvalue weighted by molar-refractivity contribution is -0.135. The molecule has 0 bridgehead atoms. The predicted octanol–water partition coefficient (Wildman–Crippen LogP) is 1.37. The summed E-state index contributed by atoms with van der Waals surface area (Å²) < 4.78 is 7.35. The van der Waals surface area contributed by atoms with Crippen molar-refractivity contribution in [2.45, 2.75) is 19.5 Å². The van der Waals surface area contributed by atoms with Gasteiger partial charge in [0.1, 0.15) is 18.1 Å². The molecule has 2 heterocycles. The van der Waals surface area contributed by atoms with Crippen LogP contribution in [0.1, 0.15) is 17.4 Å². The van der Waals surface area contributed by atoms with Gasteiger partial charge in [0.15, 0.2) is 0 Å². The topological polar surface area (TPSA) is 59.4 Å². The molecule has 1 amide bonds. The van der Waals surface area contributed by atoms with E-state index in [9.17, 15) is 4.79 Å². The smallest absolute Gasteiger partial charge is 0.243 e. The van der Waals surface area contributed by atoms with Gasteiger partial charge in [-0.3, -0.25) is 4.79 Å². The highest BCUT2D eigenvalue weighted by atomic mass is 16.5. The first-order chi connectivity index (χ1) is 11.2. The molecule has 1 fully saturated rings. The molecule has 1 aliphatic rings. The van der Waals surface area contributed by atoms with Crippen molar-refractivity contribution in [2.24, 2.45) is 0 Å². The van der Waals surface area contributed by atoms with Crippen LogP contribution in [0.3, 0.4) is 0 Å². The zero-order valence-electron chi connectivity index (χ0n) is 13.5. The molecule has 1 unspecified atom stereocenters. The number of carbonyl (C=O) groups is 1. The molecule has 6 heteroatoms. The fourth-order valence-corrected chi connectivity index (χ4v) is 3.03. The average molecular weight is 314 g/mol. The van der Waals surface area contributed by atoms with Gasteiger partial charge in [0, 0.05) is 37.6 Å². The Hall–Kier alpha value is -2.34. The normalized spacial score (nSPS) is 18.0. The van der Waals surface area contributed by atoms with Crippen molar-refractivity contribution in [3.8, 4) is 5.75 Å². The number of carbonyl (C=O) groups excluding carboxylic acids is 1. The zero-order chi connectivity index (χ0) is 16.2. The van der Waals surface area contributed by atoms with Gasteiger partial charge in [-0.1, -0.05) is 18.2 Å². The number of aromatic nitrogens is 2. The highest BCUT2D eigenvalue weighted by Crippen LogP contribution is 2.30. The van der Waals surface area contributed by atoms with Crippen LogP contribution in [0.2, 0.25) is 0 Å². The number of methoxy groups -OCH3 is 1. The Kier molecular flexibility index (Phi) is 4.62. The Bertz CT molecular complexity index is 683. The van der Waals surface area contributed by atoms with Gasteiger partial charge in [-0.25, -0.2) is 4.98 Å². The van der Waals surface area contributed by atoms with E-state index in [1.54, 1.807) is 13.3 Å². The molecule has 0 saturated carbocycles. The Morgan fingerprint density at radius 2 is 2.26 bits per heavy atom. The SMILES string of the molecule is COc1ccccc1C1CNCCN1C(=O)Cn1ccnc1C. The highest BCUT2D eigenvalue weighted by molar-refractivity contribution is 5.77. The number of ether oxygens (including phenoxy) is 1. The summed E-state index contributed by atoms with van der Waals surface area (Å²) in [5.74, 6) is 1.77. The number of rotatable bonds is 4. The number of para-hydroxylation sites is 1. The number of hydrogen-bond donors (Lipinski definition) is 1. The second-order valence-electron chi connectivity index (χ2n) is 5.65. The van der Waals surface area contributed by atoms with Crippen molar-refractivity contribution in [2.75, 3.05) is 26.7 Å². The molecule has 0 spiro atoms. The second-order valence-corrected chi connectivity index (χ2v) is 5.65. The van der Waals surface area contributed by atoms with Gasteiger partial charge in [-0.2, -0.15) is 0 Å². The van der Waals surface area contributed by atoms with Crippen LogP contribution in [0.5, 0.6) is 5.75 Å². The summed E-state index contributed by atoms with van der Waals surface area (Å²) in [4.78, 5) is 18.9. The van der Waals surface area contributed by atoms with Crippen molar-refractivity contribution in [3.63, 3.8) is 0 Å². The third kappa shape index (κ3) is 3.22. The number of imidazole rings is 1. The molecule has 23 heavy (non-hydrogen) atoms. The number of amides is 1. The molecule has 2 aromatic rings. The van der Waals surface area contributed by atoms with E-state index in [4.69, 9.17) is 4.74 Å². The van der Waals surface area contributed by atoms with Crippen molar-refractivity contribution in [1.82, 2.24) is 19.8 Å². The molecule has 1 atom stereocenters. The lowest BCUT2D eigenvalue weighted by atomic mass is 10.0. The van der Waals surface area contributed by atoms with E-state index in [1.165, 1.54) is 0 Å². The minimum Gasteiger partial charge on any atom is -0.496 e. The quantitative estimate of drug-likeness (QED) is 0.926. The van der Waals surface area contributed by atoms with Gasteiger partial charge in [-0.15, -0.1) is 0 Å². The van der Waals surface area contributed by atoms with E-state index in [2.05, 4.69) is 10.3 Å². The fourth-order valence-electron chi connectivity index (χ4n) is 3.03. The number of hydrogen-bond acceptors (Lipinski definition) is 4. The Morgan fingerprint density at radius 1 is 1.43 bits per heavy atom. The van der Waals surface area contributed by atoms with Crippen LogP contribution >= 0.6 is 0 Å². The number of benzene rings is 1. The maximum Gasteiger partial charge on any atom is 0.243 e. The highest BCUT2D eigenvalue weighted by Gasteiger charge is 2.29. The summed E-state index contributed by atoms with van der Waals surface area (Å²) in [6.45, 7) is 4.45. The molecule has 0 radical (unpaired) electrons. The van der Waals surface area contributed by atoms with Crippen molar-refractivity contribution < 1.29 is 9.53 Å². The minimum atomic E-state index is -0.0174. The van der Waals surface area contributed by atoms with E-state index in [0.29, 0.717) is 13.1 Å². The lowest BCUT2D eigenvalue weighted by Crippen LogP contribution is -2.49. The van der Waals surface area contributed by atoms with Crippen LogP contribution in [-0.2, 0) is 11.3 Å². The van der Waals surface area contributed by atoms with E-state index in [0.717, 1.165) is 30.2 Å². The van der Waals surface area contributed by atoms with E-state index >= 15 is 0 Å². The van der Waals surface area contributed by atoms with Gasteiger partial charge in [-0.05, 0) is 13.0 Å². The van der Waals surface area contributed by atoms with Gasteiger partial charge >= 0.3 is 0 Å². The first-order valence-corrected chi connectivity index (χ1v) is 7.81. The van der Waals surface area contributed by atoms with E-state index < -0.39 is 0 Å². The van der Waals surface area contributed by atoms with E-state index in [1.807, 2.05) is 46.9 Å². The van der Waals surface area contributed by atoms with Crippen LogP contribution in [0.4, 0.5) is 0 Å². The first-order valence-electron chi connectivity index (χ1n) is 7.81. The molecule has 3 rings (SSSR count). The van der Waals surface area contributed by atoms with E-state index in [-0.39, 0.29) is 11.9 Å². The van der Waals surface area contributed by atoms with Crippen molar-refractivity contribution in [3.05, 3.63) is 48.0 Å². The second kappa shape index (κ2) is 6.83. The molecule has 1 aromatic heterocycles. The number of nitrogens with one attached hydrogen (secondary N) is 1. The summed E-state index contributed by atoms with van der Waals surface area (Å²) in [6, 6.07) is 7.87. The van der Waals surface area contributed by atoms with Gasteiger partial charge in [0.25, 0.3) is 0 Å². The summed E-state index contributed by atoms with van der Waals surface area (Å²) in [7, 11) is 1.66. The molecule has 1 aromatic carbocycles. The minimum absolute atomic E-state index is 0.0174. The molecular formula is C17H22N4O2. The Balaban J connectivity index is 1.84. The van der Waals surface area contributed by atoms with Crippen LogP contribution in [0.25, 0.3) is 0 Å². The van der Waals surface area contributed by atoms with Crippen LogP contribution in [-0.4, -0.2) is 47.1 Å². The fraction of sp³-hybridized carbons (Fsp3) is 0.412. The summed E-state index contributed by atoms with van der Waals surface area (Å²) >= 11 is 0. The molecule has 122 valence electrons. The summed E-state index contributed by atoms with van der Waals surface area (Å²) in [5, 5.41) is 3.37. The van der Waals surface area contributed by atoms with Crippen LogP contribution in [0.15, 0.2) is 36.7 Å². The van der Waals surface area contributed by atoms with Gasteiger partial charge < -0.3 is 19.5 Å². The number of aryl methyl sites for hydroxylation is 1. The Labute approximate surface area is 136 Å². The maximum absolute atomic E-state index is 12.8. The van der Waals surface area contributed by atoms with Gasteiger partial charge in [0.2, 0.25) is 5.91 Å². The third-order valence-corrected chi connectivity index (χ3v) is 4.29. The standard InChI is InChI=1S/C17H22N4O2/c1-13-19-8-9-20(13)12-17(22)21-10-7-18-11-15(21)14-5-3-4-6-16(14)23-2/h3-6,8-9,15,18H,7,10-12H2,1-2H3. The molecule has 6 nitrogen and oxygen atoms in total. The van der Waals surface area contributed by atoms with Crippen LogP contribution in [0, 0.1) is 6.92 Å². The molecule has 1 saturated heterocycles. The van der Waals surface area contributed by atoms with Crippen molar-refractivity contribution in [1.29, 1.82) is 0 Å². The average Bonchev–Trinajstić information content (AvgIpc) is 2.99. The van der Waals surface area contributed by atoms with Crippen molar-refractivity contribution >= 4 is 5.91 Å². The molecular weight excluding hydrogens is 292 g/mol. The number of piperazine rings is 1. The molecule has 1 aliphatic heterocycles. The Morgan fingerprint density at radius 3 is 3.00 bits per heavy atom. The van der Waals surface area contributed by atoms with Crippen LogP contribution < -0.4 is 10.1 Å². The number of nitrogens with zero attached hydrogens (tertiary/aromatic N) is 3. The van der Waals surface area contributed by atoms with Gasteiger partial charge in [0.05, 0.1) is 13.2 Å².